The molecule has 0 saturated carbocycles. The molecule has 1 aliphatic heterocycles. The Labute approximate surface area is 138 Å². The summed E-state index contributed by atoms with van der Waals surface area (Å²) in [6.45, 7) is 0.647. The monoisotopic (exact) mass is 335 g/mol. The van der Waals surface area contributed by atoms with E-state index in [0.29, 0.717) is 29.9 Å². The summed E-state index contributed by atoms with van der Waals surface area (Å²) in [7, 11) is -2.78. The van der Waals surface area contributed by atoms with Gasteiger partial charge in [-0.05, 0) is 67.7 Å². The van der Waals surface area contributed by atoms with Crippen LogP contribution in [-0.2, 0) is 22.7 Å². The molecule has 1 saturated heterocycles. The zero-order valence-corrected chi connectivity index (χ0v) is 14.2. The van der Waals surface area contributed by atoms with Crippen molar-refractivity contribution >= 4 is 21.5 Å². The van der Waals surface area contributed by atoms with Gasteiger partial charge in [-0.1, -0.05) is 6.07 Å². The molecule has 0 radical (unpaired) electrons. The summed E-state index contributed by atoms with van der Waals surface area (Å²) in [5.74, 6) is 1.54. The van der Waals surface area contributed by atoms with Gasteiger partial charge < -0.3 is 11.1 Å². The maximum Gasteiger partial charge on any atom is 0.193 e. The molecule has 126 valence electrons. The van der Waals surface area contributed by atoms with Crippen molar-refractivity contribution in [3.05, 3.63) is 29.3 Å². The predicted octanol–water partition coefficient (Wildman–Crippen LogP) is 2.12. The number of rotatable bonds is 4. The topological polar surface area (TPSA) is 84.5 Å². The lowest BCUT2D eigenvalue weighted by molar-refractivity contribution is 0.441. The lowest BCUT2D eigenvalue weighted by Gasteiger charge is -2.20. The first-order valence-corrected chi connectivity index (χ1v) is 10.2. The highest BCUT2D eigenvalue weighted by atomic mass is 32.2. The van der Waals surface area contributed by atoms with E-state index in [4.69, 9.17) is 5.73 Å². The Morgan fingerprint density at radius 3 is 2.74 bits per heavy atom. The summed E-state index contributed by atoms with van der Waals surface area (Å²) in [6, 6.07) is 6.38. The van der Waals surface area contributed by atoms with Crippen molar-refractivity contribution in [2.75, 3.05) is 23.4 Å². The molecule has 3 rings (SSSR count). The number of nitrogens with zero attached hydrogens (tertiary/aromatic N) is 1. The van der Waals surface area contributed by atoms with Crippen LogP contribution >= 0.6 is 0 Å². The second-order valence-corrected chi connectivity index (χ2v) is 8.92. The Kier molecular flexibility index (Phi) is 4.90. The average Bonchev–Trinajstić information content (AvgIpc) is 2.96. The van der Waals surface area contributed by atoms with Gasteiger partial charge in [0.05, 0.1) is 11.5 Å². The van der Waals surface area contributed by atoms with Crippen molar-refractivity contribution in [2.45, 2.75) is 38.5 Å². The number of nitrogens with two attached hydrogens (primary N) is 1. The van der Waals surface area contributed by atoms with Gasteiger partial charge in [-0.2, -0.15) is 0 Å². The maximum absolute atomic E-state index is 11.4. The fourth-order valence-electron chi connectivity index (χ4n) is 3.43. The molecule has 0 bridgehead atoms. The number of aliphatic imine (C=N–C) groups is 1. The molecule has 1 aromatic carbocycles. The van der Waals surface area contributed by atoms with Gasteiger partial charge in [-0.15, -0.1) is 0 Å². The molecule has 0 unspecified atom stereocenters. The predicted molar refractivity (Wildman–Crippen MR) is 94.6 cm³/mol. The Morgan fingerprint density at radius 1 is 1.22 bits per heavy atom. The van der Waals surface area contributed by atoms with E-state index in [2.05, 4.69) is 28.5 Å². The number of anilines is 1. The molecule has 0 amide bonds. The normalized spacial score (nSPS) is 21.1. The van der Waals surface area contributed by atoms with Crippen molar-refractivity contribution in [2.24, 2.45) is 16.6 Å². The summed E-state index contributed by atoms with van der Waals surface area (Å²) in [5, 5.41) is 3.15. The van der Waals surface area contributed by atoms with E-state index in [-0.39, 0.29) is 0 Å². The van der Waals surface area contributed by atoms with Gasteiger partial charge in [-0.3, -0.25) is 4.99 Å². The standard InChI is InChI=1S/C17H25N3O2S/c18-17(19-9-6-13-7-10-23(21,22)11-8-13)20-16-5-4-14-2-1-3-15(14)12-16/h4-5,12-13H,1-3,6-11H2,(H3,18,19,20). The lowest BCUT2D eigenvalue weighted by atomic mass is 9.99. The van der Waals surface area contributed by atoms with Crippen LogP contribution in [0.15, 0.2) is 23.2 Å². The number of guanidine groups is 1. The van der Waals surface area contributed by atoms with Crippen LogP contribution in [0.4, 0.5) is 5.69 Å². The maximum atomic E-state index is 11.4. The third-order valence-corrected chi connectivity index (χ3v) is 6.58. The summed E-state index contributed by atoms with van der Waals surface area (Å²) >= 11 is 0. The van der Waals surface area contributed by atoms with E-state index in [0.717, 1.165) is 31.4 Å². The molecule has 6 heteroatoms. The van der Waals surface area contributed by atoms with Gasteiger partial charge in [0.1, 0.15) is 9.84 Å². The minimum atomic E-state index is -2.78. The fourth-order valence-corrected chi connectivity index (χ4v) is 5.02. The van der Waals surface area contributed by atoms with Crippen molar-refractivity contribution in [3.63, 3.8) is 0 Å². The van der Waals surface area contributed by atoms with Crippen LogP contribution in [0.3, 0.4) is 0 Å². The molecule has 1 heterocycles. The molecule has 2 aliphatic rings. The van der Waals surface area contributed by atoms with Crippen LogP contribution in [0.5, 0.6) is 0 Å². The molecule has 0 atom stereocenters. The van der Waals surface area contributed by atoms with Crippen LogP contribution in [0, 0.1) is 5.92 Å². The highest BCUT2D eigenvalue weighted by Gasteiger charge is 2.23. The van der Waals surface area contributed by atoms with E-state index in [1.807, 2.05) is 0 Å². The number of hydrogen-bond donors (Lipinski definition) is 2. The number of hydrogen-bond acceptors (Lipinski definition) is 3. The van der Waals surface area contributed by atoms with Gasteiger partial charge in [0.15, 0.2) is 5.96 Å². The number of nitrogens with one attached hydrogen (secondary N) is 1. The first-order chi connectivity index (χ1) is 11.0. The lowest BCUT2D eigenvalue weighted by Crippen LogP contribution is -2.25. The number of aryl methyl sites for hydroxylation is 2. The second-order valence-electron chi connectivity index (χ2n) is 6.61. The molecule has 3 N–H and O–H groups in total. The van der Waals surface area contributed by atoms with Crippen molar-refractivity contribution in [1.29, 1.82) is 0 Å². The Bertz CT molecular complexity index is 684. The Hall–Kier alpha value is -1.56. The smallest absolute Gasteiger partial charge is 0.193 e. The third-order valence-electron chi connectivity index (χ3n) is 4.86. The van der Waals surface area contributed by atoms with Crippen molar-refractivity contribution < 1.29 is 8.42 Å². The van der Waals surface area contributed by atoms with E-state index >= 15 is 0 Å². The number of sulfone groups is 1. The summed E-state index contributed by atoms with van der Waals surface area (Å²) in [4.78, 5) is 4.38. The summed E-state index contributed by atoms with van der Waals surface area (Å²) < 4.78 is 22.8. The molecular formula is C17H25N3O2S. The number of fused-ring (bicyclic) bond motifs is 1. The minimum absolute atomic E-state index is 0.324. The minimum Gasteiger partial charge on any atom is -0.370 e. The molecular weight excluding hydrogens is 310 g/mol. The van der Waals surface area contributed by atoms with Crippen LogP contribution in [0.25, 0.3) is 0 Å². The molecule has 5 nitrogen and oxygen atoms in total. The largest absolute Gasteiger partial charge is 0.370 e. The van der Waals surface area contributed by atoms with Crippen molar-refractivity contribution in [1.82, 2.24) is 0 Å². The highest BCUT2D eigenvalue weighted by Crippen LogP contribution is 2.25. The second kappa shape index (κ2) is 6.91. The molecule has 0 aromatic heterocycles. The zero-order chi connectivity index (χ0) is 16.3. The average molecular weight is 335 g/mol. The van der Waals surface area contributed by atoms with Gasteiger partial charge in [0.2, 0.25) is 0 Å². The Balaban J connectivity index is 1.47. The quantitative estimate of drug-likeness (QED) is 0.652. The third kappa shape index (κ3) is 4.47. The molecule has 0 spiro atoms. The van der Waals surface area contributed by atoms with E-state index < -0.39 is 9.84 Å². The van der Waals surface area contributed by atoms with Gasteiger partial charge in [0.25, 0.3) is 0 Å². The van der Waals surface area contributed by atoms with Crippen LogP contribution in [-0.4, -0.2) is 32.4 Å². The van der Waals surface area contributed by atoms with Gasteiger partial charge >= 0.3 is 0 Å². The first kappa shape index (κ1) is 16.3. The van der Waals surface area contributed by atoms with Crippen LogP contribution in [0.1, 0.15) is 36.8 Å². The van der Waals surface area contributed by atoms with E-state index in [9.17, 15) is 8.42 Å². The molecule has 23 heavy (non-hydrogen) atoms. The zero-order valence-electron chi connectivity index (χ0n) is 13.4. The summed E-state index contributed by atoms with van der Waals surface area (Å²) in [6.07, 6.45) is 5.98. The Morgan fingerprint density at radius 2 is 1.96 bits per heavy atom. The van der Waals surface area contributed by atoms with Gasteiger partial charge in [0, 0.05) is 12.2 Å². The first-order valence-electron chi connectivity index (χ1n) is 8.41. The van der Waals surface area contributed by atoms with E-state index in [1.54, 1.807) is 0 Å². The van der Waals surface area contributed by atoms with Crippen LogP contribution < -0.4 is 11.1 Å². The highest BCUT2D eigenvalue weighted by molar-refractivity contribution is 7.91. The van der Waals surface area contributed by atoms with Gasteiger partial charge in [-0.25, -0.2) is 8.42 Å². The molecule has 1 aliphatic carbocycles. The SMILES string of the molecule is NC(=NCCC1CCS(=O)(=O)CC1)Nc1ccc2c(c1)CCC2. The van der Waals surface area contributed by atoms with Crippen LogP contribution in [0.2, 0.25) is 0 Å². The number of benzene rings is 1. The molecule has 1 fully saturated rings. The van der Waals surface area contributed by atoms with Crippen molar-refractivity contribution in [3.8, 4) is 0 Å². The molecule has 1 aromatic rings. The van der Waals surface area contributed by atoms with E-state index in [1.165, 1.54) is 24.0 Å². The fraction of sp³-hybridized carbons (Fsp3) is 0.588. The summed E-state index contributed by atoms with van der Waals surface area (Å²) in [5.41, 5.74) is 9.80.